The van der Waals surface area contributed by atoms with Crippen LogP contribution in [-0.2, 0) is 0 Å². The zero-order valence-electron chi connectivity index (χ0n) is 8.38. The van der Waals surface area contributed by atoms with Gasteiger partial charge in [0.1, 0.15) is 0 Å². The van der Waals surface area contributed by atoms with Crippen molar-refractivity contribution in [1.29, 1.82) is 0 Å². The summed E-state index contributed by atoms with van der Waals surface area (Å²) in [6.07, 6.45) is 0. The van der Waals surface area contributed by atoms with Crippen LogP contribution in [0.3, 0.4) is 0 Å². The van der Waals surface area contributed by atoms with Gasteiger partial charge in [0.05, 0.1) is 10.8 Å². The minimum atomic E-state index is -1.81. The molecule has 5 heteroatoms. The summed E-state index contributed by atoms with van der Waals surface area (Å²) in [6, 6.07) is 7.85. The zero-order chi connectivity index (χ0) is 11.1. The molecule has 0 N–H and O–H groups in total. The Labute approximate surface area is 106 Å². The Morgan fingerprint density at radius 3 is 1.53 bits per heavy atom. The van der Waals surface area contributed by atoms with E-state index in [-0.39, 0.29) is 0 Å². The lowest BCUT2D eigenvalue weighted by Gasteiger charge is -2.15. The lowest BCUT2D eigenvalue weighted by Crippen LogP contribution is -2.51. The first-order valence-corrected chi connectivity index (χ1v) is 9.10. The van der Waals surface area contributed by atoms with Gasteiger partial charge in [-0.05, 0) is 56.1 Å². The van der Waals surface area contributed by atoms with E-state index in [1.54, 1.807) is 0 Å². The Hall–Kier alpha value is -0.263. The molecule has 0 aliphatic carbocycles. The fourth-order valence-electron chi connectivity index (χ4n) is 1.42. The first-order chi connectivity index (χ1) is 7.00. The average Bonchev–Trinajstić information content (AvgIpc) is 2.74. The second kappa shape index (κ2) is 3.96. The molecule has 2 rings (SSSR count). The van der Waals surface area contributed by atoms with Gasteiger partial charge in [0.25, 0.3) is 0 Å². The van der Waals surface area contributed by atoms with E-state index >= 15 is 0 Å². The summed E-state index contributed by atoms with van der Waals surface area (Å²) in [5.41, 5.74) is 0. The third-order valence-corrected chi connectivity index (χ3v) is 6.23. The number of hydrogen-bond donors (Lipinski definition) is 0. The molecule has 0 atom stereocenters. The number of halogens is 2. The van der Waals surface area contributed by atoms with Gasteiger partial charge in [0.2, 0.25) is 8.07 Å². The van der Waals surface area contributed by atoms with E-state index in [9.17, 15) is 0 Å². The summed E-state index contributed by atoms with van der Waals surface area (Å²) in [4.78, 5) is 0. The highest BCUT2D eigenvalue weighted by Gasteiger charge is 2.33. The van der Waals surface area contributed by atoms with Crippen LogP contribution in [0.5, 0.6) is 0 Å². The van der Waals surface area contributed by atoms with Crippen molar-refractivity contribution in [2.24, 2.45) is 0 Å². The molecular formula is C10H10Br2O2Si. The fraction of sp³-hybridized carbons (Fsp3) is 0.200. The highest BCUT2D eigenvalue weighted by atomic mass is 79.9. The lowest BCUT2D eigenvalue weighted by atomic mass is 10.7. The van der Waals surface area contributed by atoms with Crippen LogP contribution in [0.25, 0.3) is 0 Å². The predicted molar refractivity (Wildman–Crippen MR) is 69.6 cm³/mol. The molecule has 2 nitrogen and oxygen atoms in total. The Morgan fingerprint density at radius 1 is 0.867 bits per heavy atom. The number of rotatable bonds is 2. The molecule has 15 heavy (non-hydrogen) atoms. The van der Waals surface area contributed by atoms with Crippen molar-refractivity contribution in [3.05, 3.63) is 33.6 Å². The molecular weight excluding hydrogens is 340 g/mol. The third kappa shape index (κ3) is 2.14. The van der Waals surface area contributed by atoms with Gasteiger partial charge < -0.3 is 8.83 Å². The number of hydrogen-bond acceptors (Lipinski definition) is 2. The van der Waals surface area contributed by atoms with Crippen molar-refractivity contribution in [3.8, 4) is 0 Å². The zero-order valence-corrected chi connectivity index (χ0v) is 12.6. The molecule has 0 aromatic carbocycles. The molecule has 2 aromatic rings. The largest absolute Gasteiger partial charge is 0.459 e. The van der Waals surface area contributed by atoms with Crippen LogP contribution in [0.15, 0.2) is 42.4 Å². The van der Waals surface area contributed by atoms with E-state index in [4.69, 9.17) is 8.83 Å². The topological polar surface area (TPSA) is 26.3 Å². The van der Waals surface area contributed by atoms with Crippen molar-refractivity contribution in [2.75, 3.05) is 0 Å². The summed E-state index contributed by atoms with van der Waals surface area (Å²) in [5.74, 6) is 0. The second-order valence-electron chi connectivity index (χ2n) is 3.83. The molecule has 0 spiro atoms. The maximum absolute atomic E-state index is 5.62. The average molecular weight is 350 g/mol. The maximum atomic E-state index is 5.62. The van der Waals surface area contributed by atoms with Crippen molar-refractivity contribution in [3.63, 3.8) is 0 Å². The van der Waals surface area contributed by atoms with Gasteiger partial charge in [-0.1, -0.05) is 13.1 Å². The van der Waals surface area contributed by atoms with Gasteiger partial charge in [-0.25, -0.2) is 0 Å². The number of furan rings is 2. The first kappa shape index (κ1) is 11.2. The Kier molecular flexibility index (Phi) is 2.96. The normalized spacial score (nSPS) is 12.0. The monoisotopic (exact) mass is 348 g/mol. The molecule has 0 saturated carbocycles. The van der Waals surface area contributed by atoms with Gasteiger partial charge in [0.15, 0.2) is 9.34 Å². The van der Waals surface area contributed by atoms with Crippen molar-refractivity contribution >= 4 is 50.7 Å². The van der Waals surface area contributed by atoms with Crippen LogP contribution in [-0.4, -0.2) is 8.07 Å². The van der Waals surface area contributed by atoms with E-state index in [1.165, 1.54) is 0 Å². The van der Waals surface area contributed by atoms with Crippen molar-refractivity contribution < 1.29 is 8.83 Å². The molecule has 0 unspecified atom stereocenters. The SMILES string of the molecule is C[Si](C)(c1ccc(Br)o1)c1ccc(Br)o1. The standard InChI is InChI=1S/C10H10Br2O2Si/c1-15(2,9-5-3-7(11)13-9)10-6-4-8(12)14-10/h3-6H,1-2H3. The van der Waals surface area contributed by atoms with Crippen molar-refractivity contribution in [1.82, 2.24) is 0 Å². The Bertz CT molecular complexity index is 431. The highest BCUT2D eigenvalue weighted by molar-refractivity contribution is 9.10. The predicted octanol–water partition coefficient (Wildman–Crippen LogP) is 3.22. The molecule has 0 aliphatic heterocycles. The molecule has 0 bridgehead atoms. The van der Waals surface area contributed by atoms with Crippen molar-refractivity contribution in [2.45, 2.75) is 13.1 Å². The summed E-state index contributed by atoms with van der Waals surface area (Å²) in [7, 11) is -1.81. The minimum Gasteiger partial charge on any atom is -0.459 e. The van der Waals surface area contributed by atoms with Crippen LogP contribution >= 0.6 is 31.9 Å². The smallest absolute Gasteiger partial charge is 0.201 e. The molecule has 0 amide bonds. The van der Waals surface area contributed by atoms with Crippen LogP contribution in [0.1, 0.15) is 0 Å². The van der Waals surface area contributed by atoms with Gasteiger partial charge >= 0.3 is 0 Å². The Balaban J connectivity index is 2.42. The van der Waals surface area contributed by atoms with Crippen LogP contribution in [0.2, 0.25) is 13.1 Å². The lowest BCUT2D eigenvalue weighted by molar-refractivity contribution is 0.557. The van der Waals surface area contributed by atoms with Crippen LogP contribution in [0, 0.1) is 0 Å². The van der Waals surface area contributed by atoms with Gasteiger partial charge in [-0.2, -0.15) is 0 Å². The highest BCUT2D eigenvalue weighted by Crippen LogP contribution is 2.15. The van der Waals surface area contributed by atoms with E-state index < -0.39 is 8.07 Å². The maximum Gasteiger partial charge on any atom is 0.201 e. The van der Waals surface area contributed by atoms with Gasteiger partial charge in [-0.3, -0.25) is 0 Å². The van der Waals surface area contributed by atoms with Crippen LogP contribution in [0.4, 0.5) is 0 Å². The molecule has 2 heterocycles. The summed E-state index contributed by atoms with van der Waals surface area (Å²) in [5, 5.41) is 2.02. The second-order valence-corrected chi connectivity index (χ2v) is 9.63. The van der Waals surface area contributed by atoms with E-state index in [2.05, 4.69) is 45.0 Å². The summed E-state index contributed by atoms with van der Waals surface area (Å²) >= 11 is 6.64. The molecule has 0 aliphatic rings. The summed E-state index contributed by atoms with van der Waals surface area (Å²) in [6.45, 7) is 4.40. The van der Waals surface area contributed by atoms with E-state index in [1.807, 2.05) is 24.3 Å². The third-order valence-electron chi connectivity index (χ3n) is 2.38. The summed E-state index contributed by atoms with van der Waals surface area (Å²) < 4.78 is 12.8. The van der Waals surface area contributed by atoms with E-state index in [0.29, 0.717) is 0 Å². The molecule has 80 valence electrons. The van der Waals surface area contributed by atoms with E-state index in [0.717, 1.165) is 20.1 Å². The van der Waals surface area contributed by atoms with Gasteiger partial charge in [-0.15, -0.1) is 0 Å². The first-order valence-electron chi connectivity index (χ1n) is 4.52. The Morgan fingerprint density at radius 2 is 1.27 bits per heavy atom. The van der Waals surface area contributed by atoms with Crippen LogP contribution < -0.4 is 10.8 Å². The molecule has 0 saturated heterocycles. The minimum absolute atomic E-state index is 0.767. The van der Waals surface area contributed by atoms with Gasteiger partial charge in [0, 0.05) is 0 Å². The molecule has 2 aromatic heterocycles. The quantitative estimate of drug-likeness (QED) is 0.778. The fourth-order valence-corrected chi connectivity index (χ4v) is 4.31. The molecule has 0 fully saturated rings. The molecule has 0 radical (unpaired) electrons.